The van der Waals surface area contributed by atoms with Crippen LogP contribution in [0.25, 0.3) is 0 Å². The quantitative estimate of drug-likeness (QED) is 0.765. The van der Waals surface area contributed by atoms with Crippen molar-refractivity contribution in [3.8, 4) is 6.07 Å². The van der Waals surface area contributed by atoms with Crippen LogP contribution >= 0.6 is 15.9 Å². The molecule has 1 atom stereocenters. The zero-order chi connectivity index (χ0) is 13.1. The minimum Gasteiger partial charge on any atom is -0.479 e. The molecule has 0 aromatic carbocycles. The van der Waals surface area contributed by atoms with Gasteiger partial charge in [-0.15, -0.1) is 0 Å². The molecular formula is C10H10BrN3O3. The van der Waals surface area contributed by atoms with Crippen molar-refractivity contribution in [1.82, 2.24) is 4.98 Å². The summed E-state index contributed by atoms with van der Waals surface area (Å²) in [6.07, 6.45) is 1.47. The first-order chi connectivity index (χ1) is 7.86. The van der Waals surface area contributed by atoms with Crippen molar-refractivity contribution < 1.29 is 15.0 Å². The first-order valence-electron chi connectivity index (χ1n) is 4.62. The van der Waals surface area contributed by atoms with Crippen LogP contribution in [0.3, 0.4) is 0 Å². The number of carboxylic acid groups (broad SMARTS) is 1. The van der Waals surface area contributed by atoms with E-state index in [1.54, 1.807) is 6.07 Å². The van der Waals surface area contributed by atoms with Gasteiger partial charge in [0.2, 0.25) is 0 Å². The van der Waals surface area contributed by atoms with E-state index in [1.807, 2.05) is 6.07 Å². The van der Waals surface area contributed by atoms with Gasteiger partial charge in [0.25, 0.3) is 0 Å². The lowest BCUT2D eigenvalue weighted by atomic mass is 10.1. The van der Waals surface area contributed by atoms with E-state index in [2.05, 4.69) is 26.2 Å². The second-order valence-corrected chi connectivity index (χ2v) is 4.51. The number of nitrogens with one attached hydrogen (secondary N) is 1. The second kappa shape index (κ2) is 5.12. The normalized spacial score (nSPS) is 13.5. The van der Waals surface area contributed by atoms with Crippen molar-refractivity contribution in [1.29, 1.82) is 5.26 Å². The van der Waals surface area contributed by atoms with Gasteiger partial charge in [-0.25, -0.2) is 9.78 Å². The van der Waals surface area contributed by atoms with E-state index in [0.717, 1.165) is 6.92 Å². The smallest absolute Gasteiger partial charge is 0.337 e. The number of aromatic nitrogens is 1. The molecule has 1 aromatic rings. The fourth-order valence-corrected chi connectivity index (χ4v) is 1.33. The zero-order valence-electron chi connectivity index (χ0n) is 8.94. The Bertz CT molecular complexity index is 482. The van der Waals surface area contributed by atoms with Gasteiger partial charge in [0.1, 0.15) is 11.9 Å². The molecule has 90 valence electrons. The number of anilines is 1. The molecule has 3 N–H and O–H groups in total. The molecule has 0 saturated carbocycles. The molecule has 0 amide bonds. The molecule has 0 aliphatic heterocycles. The number of halogens is 1. The van der Waals surface area contributed by atoms with Crippen LogP contribution in [-0.4, -0.2) is 33.3 Å². The van der Waals surface area contributed by atoms with Crippen molar-refractivity contribution in [3.05, 3.63) is 22.3 Å². The lowest BCUT2D eigenvalue weighted by molar-refractivity contribution is -0.155. The third-order valence-electron chi connectivity index (χ3n) is 2.04. The van der Waals surface area contributed by atoms with E-state index >= 15 is 0 Å². The number of aliphatic hydroxyl groups is 1. The van der Waals surface area contributed by atoms with Crippen LogP contribution in [-0.2, 0) is 4.79 Å². The molecule has 0 fully saturated rings. The molecule has 0 aliphatic carbocycles. The Balaban J connectivity index is 2.84. The predicted molar refractivity (Wildman–Crippen MR) is 63.4 cm³/mol. The van der Waals surface area contributed by atoms with Crippen molar-refractivity contribution >= 4 is 27.7 Å². The Labute approximate surface area is 106 Å². The molecule has 0 saturated heterocycles. The molecule has 17 heavy (non-hydrogen) atoms. The molecule has 1 aromatic heterocycles. The average molecular weight is 300 g/mol. The molecule has 1 rings (SSSR count). The zero-order valence-corrected chi connectivity index (χ0v) is 10.5. The molecular weight excluding hydrogens is 290 g/mol. The third-order valence-corrected chi connectivity index (χ3v) is 2.47. The van der Waals surface area contributed by atoms with E-state index in [0.29, 0.717) is 4.47 Å². The van der Waals surface area contributed by atoms with Crippen molar-refractivity contribution in [2.24, 2.45) is 0 Å². The van der Waals surface area contributed by atoms with Crippen molar-refractivity contribution in [3.63, 3.8) is 0 Å². The Morgan fingerprint density at radius 1 is 1.76 bits per heavy atom. The number of nitrogens with zero attached hydrogens (tertiary/aromatic N) is 2. The fourth-order valence-electron chi connectivity index (χ4n) is 0.997. The summed E-state index contributed by atoms with van der Waals surface area (Å²) >= 11 is 3.17. The number of hydrogen-bond donors (Lipinski definition) is 3. The van der Waals surface area contributed by atoms with Crippen LogP contribution in [0.1, 0.15) is 12.5 Å². The topological polar surface area (TPSA) is 106 Å². The molecule has 7 heteroatoms. The van der Waals surface area contributed by atoms with Gasteiger partial charge in [-0.2, -0.15) is 5.26 Å². The lowest BCUT2D eigenvalue weighted by Gasteiger charge is -2.18. The third kappa shape index (κ3) is 3.41. The number of aliphatic carboxylic acids is 1. The SMILES string of the molecule is CC(O)(CNc1ncc(Br)cc1C#N)C(=O)O. The second-order valence-electron chi connectivity index (χ2n) is 3.59. The van der Waals surface area contributed by atoms with Gasteiger partial charge in [0, 0.05) is 10.7 Å². The van der Waals surface area contributed by atoms with E-state index in [-0.39, 0.29) is 17.9 Å². The summed E-state index contributed by atoms with van der Waals surface area (Å²) in [7, 11) is 0. The van der Waals surface area contributed by atoms with Crippen molar-refractivity contribution in [2.45, 2.75) is 12.5 Å². The number of carboxylic acids is 1. The highest BCUT2D eigenvalue weighted by atomic mass is 79.9. The monoisotopic (exact) mass is 299 g/mol. The molecule has 0 aliphatic rings. The molecule has 6 nitrogen and oxygen atoms in total. The Hall–Kier alpha value is -1.65. The summed E-state index contributed by atoms with van der Waals surface area (Å²) in [6.45, 7) is 0.916. The fraction of sp³-hybridized carbons (Fsp3) is 0.300. The van der Waals surface area contributed by atoms with Gasteiger partial charge in [-0.1, -0.05) is 0 Å². The summed E-state index contributed by atoms with van der Waals surface area (Å²) in [4.78, 5) is 14.6. The van der Waals surface area contributed by atoms with Crippen molar-refractivity contribution in [2.75, 3.05) is 11.9 Å². The molecule has 1 heterocycles. The van der Waals surface area contributed by atoms with Gasteiger partial charge >= 0.3 is 5.97 Å². The lowest BCUT2D eigenvalue weighted by Crippen LogP contribution is -2.42. The van der Waals surface area contributed by atoms with Gasteiger partial charge in [-0.05, 0) is 28.9 Å². The van der Waals surface area contributed by atoms with E-state index in [1.165, 1.54) is 6.20 Å². The van der Waals surface area contributed by atoms with E-state index in [9.17, 15) is 9.90 Å². The highest BCUT2D eigenvalue weighted by molar-refractivity contribution is 9.10. The molecule has 0 spiro atoms. The predicted octanol–water partition coefficient (Wildman–Crippen LogP) is 0.963. The number of carbonyl (C=O) groups is 1. The number of nitriles is 1. The molecule has 0 radical (unpaired) electrons. The van der Waals surface area contributed by atoms with Crippen LogP contribution in [0.4, 0.5) is 5.82 Å². The average Bonchev–Trinajstić information content (AvgIpc) is 2.27. The Morgan fingerprint density at radius 2 is 2.41 bits per heavy atom. The summed E-state index contributed by atoms with van der Waals surface area (Å²) in [5, 5.41) is 29.7. The van der Waals surface area contributed by atoms with Crippen LogP contribution < -0.4 is 5.32 Å². The maximum Gasteiger partial charge on any atom is 0.337 e. The molecule has 0 bridgehead atoms. The van der Waals surface area contributed by atoms with Gasteiger partial charge < -0.3 is 15.5 Å². The number of pyridine rings is 1. The Kier molecular flexibility index (Phi) is 4.04. The highest BCUT2D eigenvalue weighted by Crippen LogP contribution is 2.17. The van der Waals surface area contributed by atoms with Gasteiger partial charge in [0.05, 0.1) is 12.1 Å². The van der Waals surface area contributed by atoms with E-state index < -0.39 is 11.6 Å². The van der Waals surface area contributed by atoms with Crippen LogP contribution in [0.2, 0.25) is 0 Å². The largest absolute Gasteiger partial charge is 0.479 e. The van der Waals surface area contributed by atoms with Gasteiger partial charge in [-0.3, -0.25) is 0 Å². The maximum absolute atomic E-state index is 10.7. The summed E-state index contributed by atoms with van der Waals surface area (Å²) < 4.78 is 0.643. The number of rotatable bonds is 4. The summed E-state index contributed by atoms with van der Waals surface area (Å²) in [5.74, 6) is -1.11. The highest BCUT2D eigenvalue weighted by Gasteiger charge is 2.29. The minimum absolute atomic E-state index is 0.234. The maximum atomic E-state index is 10.7. The summed E-state index contributed by atoms with van der Waals surface area (Å²) in [6, 6.07) is 3.46. The first-order valence-corrected chi connectivity index (χ1v) is 5.41. The Morgan fingerprint density at radius 3 is 2.94 bits per heavy atom. The van der Waals surface area contributed by atoms with Gasteiger partial charge in [0.15, 0.2) is 5.60 Å². The first kappa shape index (κ1) is 13.4. The number of hydrogen-bond acceptors (Lipinski definition) is 5. The van der Waals surface area contributed by atoms with Crippen LogP contribution in [0.5, 0.6) is 0 Å². The van der Waals surface area contributed by atoms with Crippen LogP contribution in [0.15, 0.2) is 16.7 Å². The summed E-state index contributed by atoms with van der Waals surface area (Å²) in [5.41, 5.74) is -1.65. The van der Waals surface area contributed by atoms with Crippen LogP contribution in [0, 0.1) is 11.3 Å². The minimum atomic E-state index is -1.92. The molecule has 1 unspecified atom stereocenters. The standard InChI is InChI=1S/C10H10BrN3O3/c1-10(17,9(15)16)5-14-8-6(3-12)2-7(11)4-13-8/h2,4,17H,5H2,1H3,(H,13,14)(H,15,16). The van der Waals surface area contributed by atoms with E-state index in [4.69, 9.17) is 10.4 Å².